The summed E-state index contributed by atoms with van der Waals surface area (Å²) in [5, 5.41) is 22.2. The molecular weight excluding hydrogens is 290 g/mol. The van der Waals surface area contributed by atoms with Crippen LogP contribution >= 0.6 is 0 Å². The van der Waals surface area contributed by atoms with Crippen LogP contribution in [0.4, 0.5) is 5.69 Å². The monoisotopic (exact) mass is 315 g/mol. The molecule has 1 aliphatic rings. The first-order valence-electron chi connectivity index (χ1n) is 8.19. The van der Waals surface area contributed by atoms with Crippen molar-refractivity contribution in [3.63, 3.8) is 0 Å². The van der Waals surface area contributed by atoms with Crippen LogP contribution in [-0.2, 0) is 4.79 Å². The average molecular weight is 315 g/mol. The van der Waals surface area contributed by atoms with Crippen LogP contribution in [0, 0.1) is 17.2 Å². The molecule has 0 aromatic heterocycles. The second-order valence-electron chi connectivity index (χ2n) is 6.41. The van der Waals surface area contributed by atoms with Crippen LogP contribution in [0.1, 0.15) is 33.1 Å². The van der Waals surface area contributed by atoms with Gasteiger partial charge in [-0.15, -0.1) is 0 Å². The largest absolute Gasteiger partial charge is 0.391 e. The molecule has 2 N–H and O–H groups in total. The molecule has 5 nitrogen and oxygen atoms in total. The molecule has 23 heavy (non-hydrogen) atoms. The van der Waals surface area contributed by atoms with Gasteiger partial charge in [0.25, 0.3) is 0 Å². The molecule has 0 aliphatic heterocycles. The standard InChI is InChI=1S/C18H25N3O2/c1-3-16(22)11-21(15-7-5-4-6-8-15)12-17(23)20-18(2,13-19)14-9-10-14/h4-8,14,16,22H,3,9-12H2,1-2H3,(H,20,23). The Labute approximate surface area is 137 Å². The van der Waals surface area contributed by atoms with E-state index in [0.717, 1.165) is 18.5 Å². The predicted octanol–water partition coefficient (Wildman–Crippen LogP) is 2.07. The number of hydrogen-bond acceptors (Lipinski definition) is 4. The van der Waals surface area contributed by atoms with E-state index in [0.29, 0.717) is 13.0 Å². The van der Waals surface area contributed by atoms with Gasteiger partial charge in [0.1, 0.15) is 5.54 Å². The molecule has 1 saturated carbocycles. The first-order valence-corrected chi connectivity index (χ1v) is 8.19. The van der Waals surface area contributed by atoms with Crippen molar-refractivity contribution in [1.82, 2.24) is 5.32 Å². The van der Waals surface area contributed by atoms with Crippen molar-refractivity contribution >= 4 is 11.6 Å². The van der Waals surface area contributed by atoms with E-state index >= 15 is 0 Å². The summed E-state index contributed by atoms with van der Waals surface area (Å²) in [6, 6.07) is 11.8. The van der Waals surface area contributed by atoms with Crippen molar-refractivity contribution in [2.75, 3.05) is 18.0 Å². The lowest BCUT2D eigenvalue weighted by Crippen LogP contribution is -2.51. The van der Waals surface area contributed by atoms with E-state index in [9.17, 15) is 15.2 Å². The molecule has 0 bridgehead atoms. The zero-order chi connectivity index (χ0) is 16.9. The summed E-state index contributed by atoms with van der Waals surface area (Å²) in [6.45, 7) is 4.22. The first-order chi connectivity index (χ1) is 11.0. The van der Waals surface area contributed by atoms with Crippen molar-refractivity contribution in [2.24, 2.45) is 5.92 Å². The van der Waals surface area contributed by atoms with Crippen molar-refractivity contribution in [3.05, 3.63) is 30.3 Å². The van der Waals surface area contributed by atoms with Crippen molar-refractivity contribution in [2.45, 2.75) is 44.8 Å². The van der Waals surface area contributed by atoms with Crippen molar-refractivity contribution in [1.29, 1.82) is 5.26 Å². The second-order valence-corrected chi connectivity index (χ2v) is 6.41. The number of hydrogen-bond donors (Lipinski definition) is 2. The van der Waals surface area contributed by atoms with Crippen molar-refractivity contribution in [3.8, 4) is 6.07 Å². The Morgan fingerprint density at radius 1 is 1.48 bits per heavy atom. The van der Waals surface area contributed by atoms with E-state index in [1.165, 1.54) is 0 Å². The number of carbonyl (C=O) groups excluding carboxylic acids is 1. The van der Waals surface area contributed by atoms with Gasteiger partial charge in [-0.25, -0.2) is 0 Å². The Kier molecular flexibility index (Phi) is 5.62. The number of aliphatic hydroxyl groups excluding tert-OH is 1. The zero-order valence-corrected chi connectivity index (χ0v) is 13.8. The van der Waals surface area contributed by atoms with E-state index < -0.39 is 11.6 Å². The molecular formula is C18H25N3O2. The number of aliphatic hydroxyl groups is 1. The molecule has 0 radical (unpaired) electrons. The molecule has 1 aromatic rings. The molecule has 2 unspecified atom stereocenters. The number of nitrogens with one attached hydrogen (secondary N) is 1. The maximum Gasteiger partial charge on any atom is 0.240 e. The fourth-order valence-corrected chi connectivity index (χ4v) is 2.67. The molecule has 1 amide bonds. The van der Waals surface area contributed by atoms with Gasteiger partial charge in [-0.1, -0.05) is 25.1 Å². The number of nitrogens with zero attached hydrogens (tertiary/aromatic N) is 2. The Bertz CT molecular complexity index is 565. The number of para-hydroxylation sites is 1. The number of carbonyl (C=O) groups is 1. The quantitative estimate of drug-likeness (QED) is 0.770. The lowest BCUT2D eigenvalue weighted by Gasteiger charge is -2.29. The predicted molar refractivity (Wildman–Crippen MR) is 89.8 cm³/mol. The highest BCUT2D eigenvalue weighted by Crippen LogP contribution is 2.39. The summed E-state index contributed by atoms with van der Waals surface area (Å²) in [5.41, 5.74) is 0.100. The third-order valence-electron chi connectivity index (χ3n) is 4.38. The van der Waals surface area contributed by atoms with Crippen LogP contribution in [0.5, 0.6) is 0 Å². The molecule has 0 spiro atoms. The van der Waals surface area contributed by atoms with E-state index in [1.54, 1.807) is 6.92 Å². The van der Waals surface area contributed by atoms with Crippen LogP contribution in [0.2, 0.25) is 0 Å². The lowest BCUT2D eigenvalue weighted by molar-refractivity contribution is -0.121. The summed E-state index contributed by atoms with van der Waals surface area (Å²) >= 11 is 0. The molecule has 2 atom stereocenters. The smallest absolute Gasteiger partial charge is 0.240 e. The minimum absolute atomic E-state index is 0.130. The maximum absolute atomic E-state index is 12.4. The van der Waals surface area contributed by atoms with Gasteiger partial charge in [0.2, 0.25) is 5.91 Å². The van der Waals surface area contributed by atoms with Gasteiger partial charge in [-0.3, -0.25) is 4.79 Å². The summed E-state index contributed by atoms with van der Waals surface area (Å²) in [4.78, 5) is 14.3. The van der Waals surface area contributed by atoms with Gasteiger partial charge < -0.3 is 15.3 Å². The lowest BCUT2D eigenvalue weighted by atomic mass is 9.98. The SMILES string of the molecule is CCC(O)CN(CC(=O)NC(C)(C#N)C1CC1)c1ccccc1. The third-order valence-corrected chi connectivity index (χ3v) is 4.38. The van der Waals surface area contributed by atoms with Gasteiger partial charge >= 0.3 is 0 Å². The number of rotatable bonds is 8. The van der Waals surface area contributed by atoms with Crippen LogP contribution in [0.25, 0.3) is 0 Å². The van der Waals surface area contributed by atoms with Gasteiger partial charge in [0.05, 0.1) is 18.7 Å². The van der Waals surface area contributed by atoms with Gasteiger partial charge in [-0.05, 0) is 44.2 Å². The third kappa shape index (κ3) is 4.70. The average Bonchev–Trinajstić information content (AvgIpc) is 3.40. The van der Waals surface area contributed by atoms with Crippen LogP contribution in [-0.4, -0.2) is 35.7 Å². The minimum atomic E-state index is -0.789. The minimum Gasteiger partial charge on any atom is -0.391 e. The first kappa shape index (κ1) is 17.3. The van der Waals surface area contributed by atoms with E-state index in [4.69, 9.17) is 0 Å². The summed E-state index contributed by atoms with van der Waals surface area (Å²) in [6.07, 6.45) is 2.11. The molecule has 1 aromatic carbocycles. The van der Waals surface area contributed by atoms with Crippen LogP contribution in [0.3, 0.4) is 0 Å². The fourth-order valence-electron chi connectivity index (χ4n) is 2.67. The van der Waals surface area contributed by atoms with E-state index in [1.807, 2.05) is 42.2 Å². The molecule has 2 rings (SSSR count). The summed E-state index contributed by atoms with van der Waals surface area (Å²) < 4.78 is 0. The Balaban J connectivity index is 2.05. The molecule has 0 heterocycles. The fraction of sp³-hybridized carbons (Fsp3) is 0.556. The highest BCUT2D eigenvalue weighted by atomic mass is 16.3. The number of anilines is 1. The Hall–Kier alpha value is -2.06. The highest BCUT2D eigenvalue weighted by Gasteiger charge is 2.43. The topological polar surface area (TPSA) is 76.4 Å². The zero-order valence-electron chi connectivity index (χ0n) is 13.8. The number of amides is 1. The molecule has 0 saturated heterocycles. The molecule has 124 valence electrons. The maximum atomic E-state index is 12.4. The Morgan fingerprint density at radius 2 is 2.13 bits per heavy atom. The second kappa shape index (κ2) is 7.47. The summed E-state index contributed by atoms with van der Waals surface area (Å²) in [5.74, 6) is 0.0657. The molecule has 1 fully saturated rings. The van der Waals surface area contributed by atoms with Crippen LogP contribution in [0.15, 0.2) is 30.3 Å². The highest BCUT2D eigenvalue weighted by molar-refractivity contribution is 5.82. The van der Waals surface area contributed by atoms with Crippen LogP contribution < -0.4 is 10.2 Å². The normalized spacial score (nSPS) is 17.7. The van der Waals surface area contributed by atoms with Crippen molar-refractivity contribution < 1.29 is 9.90 Å². The van der Waals surface area contributed by atoms with E-state index in [2.05, 4.69) is 11.4 Å². The van der Waals surface area contributed by atoms with Gasteiger partial charge in [0, 0.05) is 12.2 Å². The van der Waals surface area contributed by atoms with E-state index in [-0.39, 0.29) is 18.4 Å². The summed E-state index contributed by atoms with van der Waals surface area (Å²) in [7, 11) is 0. The van der Waals surface area contributed by atoms with Gasteiger partial charge in [0.15, 0.2) is 0 Å². The molecule has 5 heteroatoms. The van der Waals surface area contributed by atoms with Gasteiger partial charge in [-0.2, -0.15) is 5.26 Å². The number of benzene rings is 1. The molecule has 1 aliphatic carbocycles. The Morgan fingerprint density at radius 3 is 2.65 bits per heavy atom. The number of nitriles is 1.